The molecule has 2 N–H and O–H groups in total. The fourth-order valence-corrected chi connectivity index (χ4v) is 4.19. The number of carbonyl (C=O) groups is 1. The van der Waals surface area contributed by atoms with Crippen LogP contribution >= 0.6 is 0 Å². The molecule has 0 aromatic heterocycles. The van der Waals surface area contributed by atoms with E-state index in [1.54, 1.807) is 19.2 Å². The molecule has 0 aliphatic carbocycles. The standard InChI is InChI=1S/C24H25FN2O5S/c1-4-32-22-14-11-18(15-23(22)31-3)16(2)26-24(28)17-9-12-19(13-10-17)33(29,30)27-21-8-6-5-7-20(21)25/h5-16,27H,4H2,1-3H3,(H,26,28). The molecule has 1 amide bonds. The van der Waals surface area contributed by atoms with Gasteiger partial charge in [-0.1, -0.05) is 18.2 Å². The molecule has 0 bridgehead atoms. The largest absolute Gasteiger partial charge is 0.493 e. The Morgan fingerprint density at radius 1 is 1.03 bits per heavy atom. The van der Waals surface area contributed by atoms with Crippen LogP contribution in [0.25, 0.3) is 0 Å². The molecule has 174 valence electrons. The number of halogens is 1. The van der Waals surface area contributed by atoms with Gasteiger partial charge in [0.05, 0.1) is 30.3 Å². The Hall–Kier alpha value is -3.59. The van der Waals surface area contributed by atoms with E-state index < -0.39 is 15.8 Å². The maximum atomic E-state index is 13.8. The lowest BCUT2D eigenvalue weighted by Gasteiger charge is -2.17. The Morgan fingerprint density at radius 2 is 1.73 bits per heavy atom. The van der Waals surface area contributed by atoms with Crippen LogP contribution in [-0.4, -0.2) is 28.0 Å². The highest BCUT2D eigenvalue weighted by atomic mass is 32.2. The van der Waals surface area contributed by atoms with Crippen molar-refractivity contribution in [3.05, 3.63) is 83.7 Å². The summed E-state index contributed by atoms with van der Waals surface area (Å²) in [4.78, 5) is 12.6. The van der Waals surface area contributed by atoms with Gasteiger partial charge in [0.25, 0.3) is 15.9 Å². The first-order chi connectivity index (χ1) is 15.7. The van der Waals surface area contributed by atoms with Gasteiger partial charge in [-0.05, 0) is 67.9 Å². The van der Waals surface area contributed by atoms with Crippen molar-refractivity contribution in [3.63, 3.8) is 0 Å². The average Bonchev–Trinajstić information content (AvgIpc) is 2.81. The molecule has 0 aliphatic rings. The Morgan fingerprint density at radius 3 is 2.36 bits per heavy atom. The van der Waals surface area contributed by atoms with E-state index in [2.05, 4.69) is 10.0 Å². The summed E-state index contributed by atoms with van der Waals surface area (Å²) in [5, 5.41) is 2.87. The maximum Gasteiger partial charge on any atom is 0.261 e. The number of benzene rings is 3. The molecule has 0 aliphatic heterocycles. The van der Waals surface area contributed by atoms with E-state index in [0.29, 0.717) is 18.1 Å². The van der Waals surface area contributed by atoms with Crippen molar-refractivity contribution in [1.29, 1.82) is 0 Å². The van der Waals surface area contributed by atoms with Crippen LogP contribution < -0.4 is 19.5 Å². The lowest BCUT2D eigenvalue weighted by Crippen LogP contribution is -2.26. The second-order valence-corrected chi connectivity index (χ2v) is 8.83. The summed E-state index contributed by atoms with van der Waals surface area (Å²) >= 11 is 0. The minimum atomic E-state index is -4.01. The zero-order chi connectivity index (χ0) is 24.0. The van der Waals surface area contributed by atoms with Crippen molar-refractivity contribution < 1.29 is 27.1 Å². The van der Waals surface area contributed by atoms with Crippen LogP contribution in [0.4, 0.5) is 10.1 Å². The van der Waals surface area contributed by atoms with Gasteiger partial charge in [-0.3, -0.25) is 9.52 Å². The van der Waals surface area contributed by atoms with E-state index in [9.17, 15) is 17.6 Å². The third-order valence-corrected chi connectivity index (χ3v) is 6.26. The normalized spacial score (nSPS) is 12.0. The zero-order valence-electron chi connectivity index (χ0n) is 18.5. The number of carbonyl (C=O) groups excluding carboxylic acids is 1. The molecule has 0 saturated heterocycles. The quantitative estimate of drug-likeness (QED) is 0.477. The molecule has 0 fully saturated rings. The number of hydrogen-bond donors (Lipinski definition) is 2. The molecule has 3 rings (SSSR count). The monoisotopic (exact) mass is 472 g/mol. The number of ether oxygens (including phenoxy) is 2. The zero-order valence-corrected chi connectivity index (χ0v) is 19.3. The fourth-order valence-electron chi connectivity index (χ4n) is 3.12. The Labute approximate surface area is 192 Å². The summed E-state index contributed by atoms with van der Waals surface area (Å²) in [7, 11) is -2.47. The first-order valence-corrected chi connectivity index (χ1v) is 11.7. The molecular formula is C24H25FN2O5S. The second-order valence-electron chi connectivity index (χ2n) is 7.15. The number of hydrogen-bond acceptors (Lipinski definition) is 5. The molecule has 3 aromatic rings. The number of methoxy groups -OCH3 is 1. The third kappa shape index (κ3) is 5.81. The summed E-state index contributed by atoms with van der Waals surface area (Å²) in [6, 6.07) is 15.9. The number of rotatable bonds is 9. The van der Waals surface area contributed by atoms with E-state index in [0.717, 1.165) is 11.6 Å². The van der Waals surface area contributed by atoms with Crippen molar-refractivity contribution in [1.82, 2.24) is 5.32 Å². The highest BCUT2D eigenvalue weighted by molar-refractivity contribution is 7.92. The molecular weight excluding hydrogens is 447 g/mol. The van der Waals surface area contributed by atoms with E-state index in [4.69, 9.17) is 9.47 Å². The molecule has 1 atom stereocenters. The van der Waals surface area contributed by atoms with Gasteiger partial charge in [0.1, 0.15) is 5.82 Å². The van der Waals surface area contributed by atoms with Crippen LogP contribution in [-0.2, 0) is 10.0 Å². The van der Waals surface area contributed by atoms with Crippen LogP contribution in [0.5, 0.6) is 11.5 Å². The number of para-hydroxylation sites is 1. The van der Waals surface area contributed by atoms with Gasteiger partial charge in [0.15, 0.2) is 11.5 Å². The minimum Gasteiger partial charge on any atom is -0.493 e. The molecule has 0 saturated carbocycles. The number of sulfonamides is 1. The number of amides is 1. The van der Waals surface area contributed by atoms with Gasteiger partial charge in [0, 0.05) is 5.56 Å². The number of nitrogens with one attached hydrogen (secondary N) is 2. The van der Waals surface area contributed by atoms with Crippen LogP contribution in [0.2, 0.25) is 0 Å². The summed E-state index contributed by atoms with van der Waals surface area (Å²) in [6.45, 7) is 4.20. The van der Waals surface area contributed by atoms with Crippen LogP contribution in [0, 0.1) is 5.82 Å². The van der Waals surface area contributed by atoms with E-state index in [1.165, 1.54) is 42.5 Å². The van der Waals surface area contributed by atoms with Crippen molar-refractivity contribution in [2.75, 3.05) is 18.4 Å². The smallest absolute Gasteiger partial charge is 0.261 e. The van der Waals surface area contributed by atoms with Crippen molar-refractivity contribution in [2.45, 2.75) is 24.8 Å². The fraction of sp³-hybridized carbons (Fsp3) is 0.208. The minimum absolute atomic E-state index is 0.0911. The topological polar surface area (TPSA) is 93.7 Å². The van der Waals surface area contributed by atoms with Crippen molar-refractivity contribution in [2.24, 2.45) is 0 Å². The highest BCUT2D eigenvalue weighted by Gasteiger charge is 2.18. The molecule has 33 heavy (non-hydrogen) atoms. The van der Waals surface area contributed by atoms with Crippen LogP contribution in [0.1, 0.15) is 35.8 Å². The van der Waals surface area contributed by atoms with E-state index >= 15 is 0 Å². The van der Waals surface area contributed by atoms with E-state index in [-0.39, 0.29) is 28.1 Å². The van der Waals surface area contributed by atoms with Crippen molar-refractivity contribution >= 4 is 21.6 Å². The Balaban J connectivity index is 1.71. The van der Waals surface area contributed by atoms with Crippen molar-refractivity contribution in [3.8, 4) is 11.5 Å². The average molecular weight is 473 g/mol. The molecule has 9 heteroatoms. The van der Waals surface area contributed by atoms with Gasteiger partial charge >= 0.3 is 0 Å². The highest BCUT2D eigenvalue weighted by Crippen LogP contribution is 2.30. The summed E-state index contributed by atoms with van der Waals surface area (Å²) < 4.78 is 51.9. The summed E-state index contributed by atoms with van der Waals surface area (Å²) in [6.07, 6.45) is 0. The molecule has 0 radical (unpaired) electrons. The molecule has 0 spiro atoms. The maximum absolute atomic E-state index is 13.8. The Kier molecular flexibility index (Phi) is 7.55. The van der Waals surface area contributed by atoms with E-state index in [1.807, 2.05) is 19.9 Å². The van der Waals surface area contributed by atoms with Gasteiger partial charge in [-0.2, -0.15) is 0 Å². The van der Waals surface area contributed by atoms with Gasteiger partial charge in [-0.15, -0.1) is 0 Å². The third-order valence-electron chi connectivity index (χ3n) is 4.88. The Bertz CT molecular complexity index is 1230. The first-order valence-electron chi connectivity index (χ1n) is 10.2. The first kappa shape index (κ1) is 24.1. The van der Waals surface area contributed by atoms with Gasteiger partial charge in [-0.25, -0.2) is 12.8 Å². The SMILES string of the molecule is CCOc1ccc(C(C)NC(=O)c2ccc(S(=O)(=O)Nc3ccccc3F)cc2)cc1OC. The summed E-state index contributed by atoms with van der Waals surface area (Å²) in [5.41, 5.74) is 0.945. The predicted molar refractivity (Wildman–Crippen MR) is 124 cm³/mol. The molecule has 0 heterocycles. The molecule has 1 unspecified atom stereocenters. The predicted octanol–water partition coefficient (Wildman–Crippen LogP) is 4.52. The lowest BCUT2D eigenvalue weighted by atomic mass is 10.1. The lowest BCUT2D eigenvalue weighted by molar-refractivity contribution is 0.0939. The van der Waals surface area contributed by atoms with Crippen LogP contribution in [0.15, 0.2) is 71.6 Å². The van der Waals surface area contributed by atoms with Gasteiger partial charge in [0.2, 0.25) is 0 Å². The second kappa shape index (κ2) is 10.4. The van der Waals surface area contributed by atoms with Gasteiger partial charge < -0.3 is 14.8 Å². The number of anilines is 1. The van der Waals surface area contributed by atoms with Crippen LogP contribution in [0.3, 0.4) is 0 Å². The summed E-state index contributed by atoms with van der Waals surface area (Å²) in [5.74, 6) is 0.119. The molecule has 7 nitrogen and oxygen atoms in total. The molecule has 3 aromatic carbocycles.